The summed E-state index contributed by atoms with van der Waals surface area (Å²) in [6.07, 6.45) is 2.81. The summed E-state index contributed by atoms with van der Waals surface area (Å²) in [5, 5.41) is 22.6. The Kier molecular flexibility index (Phi) is 4.42. The maximum absolute atomic E-state index is 9.80. The van der Waals surface area contributed by atoms with Gasteiger partial charge in [0.05, 0.1) is 10.6 Å². The van der Waals surface area contributed by atoms with E-state index in [1.54, 1.807) is 0 Å². The highest BCUT2D eigenvalue weighted by atomic mass is 79.9. The number of phenols is 1. The van der Waals surface area contributed by atoms with Crippen LogP contribution >= 0.6 is 15.9 Å². The summed E-state index contributed by atoms with van der Waals surface area (Å²) in [5.74, 6) is 0.880. The highest BCUT2D eigenvalue weighted by Crippen LogP contribution is 2.28. The molecule has 2 atom stereocenters. The molecule has 1 saturated carbocycles. The fraction of sp³-hybridized carbons (Fsp3) is 0.538. The predicted octanol–water partition coefficient (Wildman–Crippen LogP) is 2.41. The SMILES string of the molecule is Oc1c(Br)cccc1CNCC1CCC(O)C1. The summed E-state index contributed by atoms with van der Waals surface area (Å²) in [6.45, 7) is 1.57. The average Bonchev–Trinajstić information content (AvgIpc) is 2.70. The second-order valence-electron chi connectivity index (χ2n) is 4.71. The van der Waals surface area contributed by atoms with E-state index in [4.69, 9.17) is 0 Å². The first kappa shape index (κ1) is 12.9. The molecule has 0 aliphatic heterocycles. The Bertz CT molecular complexity index is 384. The zero-order valence-corrected chi connectivity index (χ0v) is 11.3. The number of aliphatic hydroxyl groups excluding tert-OH is 1. The van der Waals surface area contributed by atoms with Gasteiger partial charge in [0.2, 0.25) is 0 Å². The second-order valence-corrected chi connectivity index (χ2v) is 5.57. The molecular formula is C13H18BrNO2. The molecule has 1 aromatic rings. The Hall–Kier alpha value is -0.580. The lowest BCUT2D eigenvalue weighted by molar-refractivity contribution is 0.177. The van der Waals surface area contributed by atoms with Gasteiger partial charge in [0, 0.05) is 12.1 Å². The molecule has 2 rings (SSSR count). The van der Waals surface area contributed by atoms with Gasteiger partial charge in [-0.25, -0.2) is 0 Å². The van der Waals surface area contributed by atoms with Gasteiger partial charge in [-0.1, -0.05) is 12.1 Å². The van der Waals surface area contributed by atoms with Gasteiger partial charge < -0.3 is 15.5 Å². The number of para-hydroxylation sites is 1. The molecule has 0 spiro atoms. The number of halogens is 1. The minimum atomic E-state index is -0.110. The van der Waals surface area contributed by atoms with Crippen molar-refractivity contribution in [1.29, 1.82) is 0 Å². The number of aliphatic hydroxyl groups is 1. The van der Waals surface area contributed by atoms with Crippen molar-refractivity contribution >= 4 is 15.9 Å². The van der Waals surface area contributed by atoms with Crippen LogP contribution in [0.15, 0.2) is 22.7 Å². The van der Waals surface area contributed by atoms with Gasteiger partial charge in [-0.15, -0.1) is 0 Å². The van der Waals surface area contributed by atoms with Crippen LogP contribution in [0.3, 0.4) is 0 Å². The lowest BCUT2D eigenvalue weighted by Crippen LogP contribution is -2.21. The van der Waals surface area contributed by atoms with Crippen molar-refractivity contribution in [2.45, 2.75) is 31.9 Å². The van der Waals surface area contributed by atoms with Crippen molar-refractivity contribution in [2.75, 3.05) is 6.54 Å². The molecule has 17 heavy (non-hydrogen) atoms. The number of phenolic OH excluding ortho intramolecular Hbond substituents is 1. The third-order valence-electron chi connectivity index (χ3n) is 3.33. The summed E-state index contributed by atoms with van der Waals surface area (Å²) in [7, 11) is 0. The summed E-state index contributed by atoms with van der Waals surface area (Å²) < 4.78 is 0.730. The predicted molar refractivity (Wildman–Crippen MR) is 70.9 cm³/mol. The molecule has 1 aromatic carbocycles. The maximum Gasteiger partial charge on any atom is 0.134 e. The van der Waals surface area contributed by atoms with Crippen molar-refractivity contribution in [2.24, 2.45) is 5.92 Å². The summed E-state index contributed by atoms with van der Waals surface area (Å²) in [6, 6.07) is 5.66. The van der Waals surface area contributed by atoms with Gasteiger partial charge in [0.25, 0.3) is 0 Å². The van der Waals surface area contributed by atoms with Crippen LogP contribution in [0.25, 0.3) is 0 Å². The minimum absolute atomic E-state index is 0.110. The van der Waals surface area contributed by atoms with E-state index in [-0.39, 0.29) is 6.10 Å². The molecule has 94 valence electrons. The summed E-state index contributed by atoms with van der Waals surface area (Å²) in [4.78, 5) is 0. The molecule has 0 bridgehead atoms. The second kappa shape index (κ2) is 5.85. The zero-order chi connectivity index (χ0) is 12.3. The number of rotatable bonds is 4. The normalized spacial score (nSPS) is 24.1. The average molecular weight is 300 g/mol. The monoisotopic (exact) mass is 299 g/mol. The first-order valence-electron chi connectivity index (χ1n) is 6.02. The number of aromatic hydroxyl groups is 1. The Balaban J connectivity index is 1.80. The zero-order valence-electron chi connectivity index (χ0n) is 9.69. The molecule has 1 aliphatic carbocycles. The Morgan fingerprint density at radius 2 is 2.18 bits per heavy atom. The third kappa shape index (κ3) is 3.44. The Labute approximate surface area is 110 Å². The van der Waals surface area contributed by atoms with Crippen molar-refractivity contribution in [1.82, 2.24) is 5.32 Å². The van der Waals surface area contributed by atoms with Crippen molar-refractivity contribution in [3.05, 3.63) is 28.2 Å². The van der Waals surface area contributed by atoms with Gasteiger partial charge in [0.1, 0.15) is 5.75 Å². The fourth-order valence-corrected chi connectivity index (χ4v) is 2.75. The van der Waals surface area contributed by atoms with Crippen LogP contribution in [-0.4, -0.2) is 22.9 Å². The quantitative estimate of drug-likeness (QED) is 0.800. The van der Waals surface area contributed by atoms with E-state index in [0.29, 0.717) is 18.2 Å². The minimum Gasteiger partial charge on any atom is -0.506 e. The van der Waals surface area contributed by atoms with Gasteiger partial charge in [-0.3, -0.25) is 0 Å². The van der Waals surface area contributed by atoms with Gasteiger partial charge in [-0.05, 0) is 53.7 Å². The van der Waals surface area contributed by atoms with E-state index in [0.717, 1.165) is 35.8 Å². The summed E-state index contributed by atoms with van der Waals surface area (Å²) in [5.41, 5.74) is 0.901. The van der Waals surface area contributed by atoms with Crippen molar-refractivity contribution in [3.8, 4) is 5.75 Å². The van der Waals surface area contributed by atoms with E-state index in [9.17, 15) is 10.2 Å². The van der Waals surface area contributed by atoms with E-state index in [1.807, 2.05) is 18.2 Å². The van der Waals surface area contributed by atoms with Crippen LogP contribution in [0.4, 0.5) is 0 Å². The van der Waals surface area contributed by atoms with E-state index < -0.39 is 0 Å². The van der Waals surface area contributed by atoms with Crippen LogP contribution < -0.4 is 5.32 Å². The molecule has 0 heterocycles. The van der Waals surface area contributed by atoms with Gasteiger partial charge in [-0.2, -0.15) is 0 Å². The van der Waals surface area contributed by atoms with Crippen LogP contribution in [0.5, 0.6) is 5.75 Å². The topological polar surface area (TPSA) is 52.5 Å². The van der Waals surface area contributed by atoms with E-state index in [2.05, 4.69) is 21.2 Å². The van der Waals surface area contributed by atoms with E-state index >= 15 is 0 Å². The fourth-order valence-electron chi connectivity index (χ4n) is 2.35. The molecule has 1 aliphatic rings. The lowest BCUT2D eigenvalue weighted by atomic mass is 10.1. The Morgan fingerprint density at radius 3 is 2.88 bits per heavy atom. The molecule has 4 heteroatoms. The molecular weight excluding hydrogens is 282 g/mol. The summed E-state index contributed by atoms with van der Waals surface area (Å²) >= 11 is 3.30. The molecule has 1 fully saturated rings. The first-order chi connectivity index (χ1) is 8.16. The maximum atomic E-state index is 9.80. The van der Waals surface area contributed by atoms with Crippen LogP contribution in [-0.2, 0) is 6.54 Å². The molecule has 0 aromatic heterocycles. The Morgan fingerprint density at radius 1 is 1.35 bits per heavy atom. The van der Waals surface area contributed by atoms with Gasteiger partial charge >= 0.3 is 0 Å². The van der Waals surface area contributed by atoms with E-state index in [1.165, 1.54) is 0 Å². The lowest BCUT2D eigenvalue weighted by Gasteiger charge is -2.12. The van der Waals surface area contributed by atoms with Crippen molar-refractivity contribution in [3.63, 3.8) is 0 Å². The molecule has 3 N–H and O–H groups in total. The standard InChI is InChI=1S/C13H18BrNO2/c14-12-3-1-2-10(13(12)17)8-15-7-9-4-5-11(16)6-9/h1-3,9,11,15-17H,4-8H2. The van der Waals surface area contributed by atoms with Crippen LogP contribution in [0, 0.1) is 5.92 Å². The van der Waals surface area contributed by atoms with Gasteiger partial charge in [0.15, 0.2) is 0 Å². The number of hydrogen-bond acceptors (Lipinski definition) is 3. The molecule has 0 amide bonds. The van der Waals surface area contributed by atoms with Crippen molar-refractivity contribution < 1.29 is 10.2 Å². The molecule has 0 saturated heterocycles. The van der Waals surface area contributed by atoms with Crippen LogP contribution in [0.1, 0.15) is 24.8 Å². The third-order valence-corrected chi connectivity index (χ3v) is 3.97. The number of nitrogens with one attached hydrogen (secondary N) is 1. The molecule has 3 nitrogen and oxygen atoms in total. The first-order valence-corrected chi connectivity index (χ1v) is 6.81. The highest BCUT2D eigenvalue weighted by Gasteiger charge is 2.22. The molecule has 2 unspecified atom stereocenters. The highest BCUT2D eigenvalue weighted by molar-refractivity contribution is 9.10. The van der Waals surface area contributed by atoms with Crippen LogP contribution in [0.2, 0.25) is 0 Å². The molecule has 0 radical (unpaired) electrons. The smallest absolute Gasteiger partial charge is 0.134 e. The largest absolute Gasteiger partial charge is 0.506 e. The number of hydrogen-bond donors (Lipinski definition) is 3. The number of benzene rings is 1.